The number of anilines is 3. The zero-order valence-electron chi connectivity index (χ0n) is 42.8. The average Bonchev–Trinajstić information content (AvgIpc) is 4.03. The van der Waals surface area contributed by atoms with E-state index in [1.54, 1.807) is 0 Å². The molecule has 0 N–H and O–H groups in total. The summed E-state index contributed by atoms with van der Waals surface area (Å²) in [6, 6.07) is 72.1. The highest BCUT2D eigenvalue weighted by Crippen LogP contribution is 2.60. The molecule has 0 saturated heterocycles. The van der Waals surface area contributed by atoms with Gasteiger partial charge in [-0.3, -0.25) is 0 Å². The number of hydrogen-bond acceptors (Lipinski definition) is 2. The number of thiophene rings is 1. The second kappa shape index (κ2) is 15.0. The van der Waals surface area contributed by atoms with Crippen molar-refractivity contribution in [2.45, 2.75) is 96.3 Å². The molecule has 1 aromatic heterocycles. The van der Waals surface area contributed by atoms with Gasteiger partial charge in [0, 0.05) is 42.4 Å². The van der Waals surface area contributed by atoms with Gasteiger partial charge in [0.25, 0.3) is 0 Å². The first-order valence-corrected chi connectivity index (χ1v) is 26.4. The molecular formula is C69H61NS. The maximum Gasteiger partial charge on any atom is 0.0713 e. The van der Waals surface area contributed by atoms with Gasteiger partial charge in [0.05, 0.1) is 11.1 Å². The molecule has 0 unspecified atom stereocenters. The van der Waals surface area contributed by atoms with E-state index in [-0.39, 0.29) is 21.7 Å². The zero-order chi connectivity index (χ0) is 49.0. The van der Waals surface area contributed by atoms with Crippen molar-refractivity contribution < 1.29 is 0 Å². The van der Waals surface area contributed by atoms with Gasteiger partial charge in [-0.25, -0.2) is 0 Å². The molecule has 0 aliphatic heterocycles. The normalized spacial score (nSPS) is 15.5. The van der Waals surface area contributed by atoms with Crippen molar-refractivity contribution in [3.8, 4) is 33.4 Å². The Morgan fingerprint density at radius 1 is 0.408 bits per heavy atom. The second-order valence-electron chi connectivity index (χ2n) is 23.7. The first-order valence-electron chi connectivity index (χ1n) is 25.6. The predicted octanol–water partition coefficient (Wildman–Crippen LogP) is 19.1. The number of fused-ring (bicyclic) bond motifs is 13. The lowest BCUT2D eigenvalue weighted by Crippen LogP contribution is -2.28. The zero-order valence-corrected chi connectivity index (χ0v) is 43.6. The second-order valence-corrected chi connectivity index (χ2v) is 24.7. The molecule has 10 aromatic rings. The van der Waals surface area contributed by atoms with Crippen LogP contribution in [0.5, 0.6) is 0 Å². The van der Waals surface area contributed by atoms with E-state index in [1.807, 2.05) is 11.3 Å². The summed E-state index contributed by atoms with van der Waals surface area (Å²) in [6.07, 6.45) is 0. The van der Waals surface area contributed by atoms with Crippen molar-refractivity contribution in [3.05, 3.63) is 244 Å². The maximum atomic E-state index is 2.58. The Balaban J connectivity index is 1.05. The molecule has 0 radical (unpaired) electrons. The monoisotopic (exact) mass is 935 g/mol. The Morgan fingerprint density at radius 2 is 0.944 bits per heavy atom. The van der Waals surface area contributed by atoms with Crippen molar-refractivity contribution in [3.63, 3.8) is 0 Å². The molecule has 348 valence electrons. The molecule has 0 amide bonds. The molecule has 0 atom stereocenters. The summed E-state index contributed by atoms with van der Waals surface area (Å²) in [7, 11) is 0. The van der Waals surface area contributed by atoms with Crippen LogP contribution in [-0.4, -0.2) is 0 Å². The fraction of sp³-hybridized carbons (Fsp3) is 0.217. The highest BCUT2D eigenvalue weighted by Gasteiger charge is 2.47. The minimum atomic E-state index is -0.479. The largest absolute Gasteiger partial charge is 0.310 e. The van der Waals surface area contributed by atoms with Crippen molar-refractivity contribution in [1.29, 1.82) is 0 Å². The van der Waals surface area contributed by atoms with E-state index >= 15 is 0 Å². The summed E-state index contributed by atoms with van der Waals surface area (Å²) in [5.74, 6) is 0. The van der Waals surface area contributed by atoms with E-state index in [2.05, 4.69) is 262 Å². The fourth-order valence-electron chi connectivity index (χ4n) is 13.4. The van der Waals surface area contributed by atoms with Crippen LogP contribution in [0.25, 0.3) is 53.6 Å². The van der Waals surface area contributed by atoms with Crippen molar-refractivity contribution in [1.82, 2.24) is 0 Å². The van der Waals surface area contributed by atoms with Crippen LogP contribution in [0.3, 0.4) is 0 Å². The highest BCUT2D eigenvalue weighted by atomic mass is 32.1. The van der Waals surface area contributed by atoms with Crippen molar-refractivity contribution >= 4 is 48.6 Å². The van der Waals surface area contributed by atoms with Gasteiger partial charge >= 0.3 is 0 Å². The summed E-state index contributed by atoms with van der Waals surface area (Å²) >= 11 is 1.98. The molecule has 2 heteroatoms. The Bertz CT molecular complexity index is 3780. The summed E-state index contributed by atoms with van der Waals surface area (Å²) in [5, 5.41) is 2.82. The van der Waals surface area contributed by atoms with Crippen LogP contribution in [0.2, 0.25) is 0 Å². The minimum Gasteiger partial charge on any atom is -0.310 e. The van der Waals surface area contributed by atoms with Gasteiger partial charge in [0.1, 0.15) is 0 Å². The number of hydrogen-bond donors (Lipinski definition) is 0. The van der Waals surface area contributed by atoms with Gasteiger partial charge in [-0.05, 0) is 142 Å². The molecular weight excluding hydrogens is 875 g/mol. The van der Waals surface area contributed by atoms with Crippen LogP contribution in [0.1, 0.15) is 125 Å². The van der Waals surface area contributed by atoms with Gasteiger partial charge in [-0.2, -0.15) is 0 Å². The van der Waals surface area contributed by atoms with E-state index in [9.17, 15) is 0 Å². The van der Waals surface area contributed by atoms with E-state index in [0.717, 1.165) is 5.69 Å². The predicted molar refractivity (Wildman–Crippen MR) is 304 cm³/mol. The molecule has 3 aliphatic carbocycles. The SMILES string of the molecule is CC(C)(C)c1cc(C(C)(C)C)c2sc3ccc4c(c3c2c1)C(C)(C)c1c-4cccc1N(c1ccc(C2(c3ccccc3)c3ccccc3-c3ccccc32)cc1)c1ccc2c(c1)C(C)(C)c1ccccc1-2. The smallest absolute Gasteiger partial charge is 0.0713 e. The van der Waals surface area contributed by atoms with Crippen LogP contribution in [0.4, 0.5) is 17.1 Å². The fourth-order valence-corrected chi connectivity index (χ4v) is 14.8. The molecule has 0 spiro atoms. The molecule has 1 heterocycles. The number of benzene rings is 9. The highest BCUT2D eigenvalue weighted by molar-refractivity contribution is 7.26. The Hall–Kier alpha value is -7.00. The summed E-state index contributed by atoms with van der Waals surface area (Å²) < 4.78 is 2.79. The van der Waals surface area contributed by atoms with E-state index < -0.39 is 5.41 Å². The van der Waals surface area contributed by atoms with Gasteiger partial charge in [0.15, 0.2) is 0 Å². The Kier molecular flexibility index (Phi) is 9.30. The minimum absolute atomic E-state index is 0.00231. The lowest BCUT2D eigenvalue weighted by atomic mass is 9.67. The van der Waals surface area contributed by atoms with Gasteiger partial charge < -0.3 is 4.90 Å². The Labute approximate surface area is 424 Å². The molecule has 0 fully saturated rings. The molecule has 71 heavy (non-hydrogen) atoms. The van der Waals surface area contributed by atoms with Crippen LogP contribution >= 0.6 is 11.3 Å². The third-order valence-corrected chi connectivity index (χ3v) is 18.0. The third-order valence-electron chi connectivity index (χ3n) is 16.8. The van der Waals surface area contributed by atoms with E-state index in [0.29, 0.717) is 0 Å². The summed E-state index contributed by atoms with van der Waals surface area (Å²) in [4.78, 5) is 2.58. The molecule has 0 bridgehead atoms. The topological polar surface area (TPSA) is 3.24 Å². The first-order chi connectivity index (χ1) is 34.0. The molecule has 1 nitrogen and oxygen atoms in total. The van der Waals surface area contributed by atoms with Gasteiger partial charge in [-0.15, -0.1) is 11.3 Å². The number of nitrogens with zero attached hydrogens (tertiary/aromatic N) is 1. The lowest BCUT2D eigenvalue weighted by molar-refractivity contribution is 0.573. The van der Waals surface area contributed by atoms with Gasteiger partial charge in [-0.1, -0.05) is 215 Å². The first kappa shape index (κ1) is 44.0. The molecule has 9 aromatic carbocycles. The van der Waals surface area contributed by atoms with Crippen LogP contribution < -0.4 is 4.90 Å². The maximum absolute atomic E-state index is 2.58. The van der Waals surface area contributed by atoms with Crippen LogP contribution in [0, 0.1) is 0 Å². The van der Waals surface area contributed by atoms with E-state index in [4.69, 9.17) is 0 Å². The standard InChI is InChI=1S/C69H61NS/c1-65(2,3)44-39-53-61-60(71-64(53)58(40-44)66(4,5)6)38-37-52-51-26-20-30-59(62(51)68(9,10)63(52)61)70(46-35-36-50-47-23-14-17-27-54(47)67(7,8)57(50)41-46)45-33-31-43(32-34-45)69(42-21-12-11-13-22-42)55-28-18-15-24-48(55)49-25-16-19-29-56(49)69/h11-41H,1-10H3. The van der Waals surface area contributed by atoms with Gasteiger partial charge in [0.2, 0.25) is 0 Å². The van der Waals surface area contributed by atoms with Crippen LogP contribution in [-0.2, 0) is 27.1 Å². The number of rotatable bonds is 5. The summed E-state index contributed by atoms with van der Waals surface area (Å²) in [6.45, 7) is 24.0. The third kappa shape index (κ3) is 6.10. The molecule has 13 rings (SSSR count). The molecule has 3 aliphatic rings. The van der Waals surface area contributed by atoms with Crippen LogP contribution in [0.15, 0.2) is 188 Å². The van der Waals surface area contributed by atoms with Crippen molar-refractivity contribution in [2.24, 2.45) is 0 Å². The summed E-state index contributed by atoms with van der Waals surface area (Å²) in [5.41, 5.74) is 24.1. The van der Waals surface area contributed by atoms with E-state index in [1.165, 1.54) is 121 Å². The Morgan fingerprint density at radius 3 is 1.59 bits per heavy atom. The lowest BCUT2D eigenvalue weighted by Gasteiger charge is -2.35. The average molecular weight is 936 g/mol. The van der Waals surface area contributed by atoms with Crippen molar-refractivity contribution in [2.75, 3.05) is 4.90 Å². The quantitative estimate of drug-likeness (QED) is 0.166. The molecule has 0 saturated carbocycles.